The van der Waals surface area contributed by atoms with Crippen molar-refractivity contribution in [3.8, 4) is 11.5 Å². The zero-order valence-electron chi connectivity index (χ0n) is 17.3. The molecule has 4 heteroatoms. The first-order chi connectivity index (χ1) is 13.5. The van der Waals surface area contributed by atoms with Gasteiger partial charge in [0.05, 0.1) is 12.1 Å². The second kappa shape index (κ2) is 7.76. The fourth-order valence-electron chi connectivity index (χ4n) is 4.70. The first-order valence-electron chi connectivity index (χ1n) is 10.4. The van der Waals surface area contributed by atoms with Gasteiger partial charge in [0.15, 0.2) is 11.5 Å². The molecular weight excluding hydrogens is 350 g/mol. The molecule has 150 valence electrons. The predicted octanol–water partition coefficient (Wildman–Crippen LogP) is 3.70. The molecule has 2 aromatic carbocycles. The van der Waals surface area contributed by atoms with Crippen LogP contribution in [0.2, 0.25) is 0 Å². The molecule has 0 aliphatic carbocycles. The minimum absolute atomic E-state index is 0.0690. The molecular formula is C24H32NO3+. The summed E-state index contributed by atoms with van der Waals surface area (Å²) in [7, 11) is 0. The maximum absolute atomic E-state index is 6.05. The van der Waals surface area contributed by atoms with E-state index >= 15 is 0 Å². The summed E-state index contributed by atoms with van der Waals surface area (Å²) < 4.78 is 16.9. The molecule has 0 aromatic heterocycles. The topological polar surface area (TPSA) is 44.3 Å². The van der Waals surface area contributed by atoms with Crippen molar-refractivity contribution in [2.24, 2.45) is 0 Å². The number of benzene rings is 2. The smallest absolute Gasteiger partial charge is 0.231 e. The van der Waals surface area contributed by atoms with Gasteiger partial charge in [-0.25, -0.2) is 0 Å². The molecule has 0 spiro atoms. The molecule has 1 fully saturated rings. The van der Waals surface area contributed by atoms with E-state index in [4.69, 9.17) is 14.2 Å². The molecule has 0 amide bonds. The highest BCUT2D eigenvalue weighted by Crippen LogP contribution is 2.43. The van der Waals surface area contributed by atoms with Crippen LogP contribution in [0.15, 0.2) is 42.5 Å². The average Bonchev–Trinajstić information content (AvgIpc) is 3.13. The van der Waals surface area contributed by atoms with E-state index in [1.165, 1.54) is 16.7 Å². The molecule has 1 saturated heterocycles. The molecule has 1 unspecified atom stereocenters. The Morgan fingerprint density at radius 1 is 1.00 bits per heavy atom. The van der Waals surface area contributed by atoms with Gasteiger partial charge in [-0.15, -0.1) is 0 Å². The zero-order valence-corrected chi connectivity index (χ0v) is 17.3. The second-order valence-electron chi connectivity index (χ2n) is 8.90. The van der Waals surface area contributed by atoms with E-state index in [1.54, 1.807) is 0 Å². The van der Waals surface area contributed by atoms with E-state index in [2.05, 4.69) is 62.5 Å². The first kappa shape index (κ1) is 19.3. The maximum Gasteiger partial charge on any atom is 0.231 e. The van der Waals surface area contributed by atoms with Crippen molar-refractivity contribution >= 4 is 0 Å². The van der Waals surface area contributed by atoms with Gasteiger partial charge in [0.25, 0.3) is 0 Å². The van der Waals surface area contributed by atoms with Crippen LogP contribution >= 0.6 is 0 Å². The lowest BCUT2D eigenvalue weighted by atomic mass is 9.67. The summed E-state index contributed by atoms with van der Waals surface area (Å²) in [5.74, 6) is 1.72. The van der Waals surface area contributed by atoms with E-state index in [9.17, 15) is 0 Å². The van der Waals surface area contributed by atoms with Crippen molar-refractivity contribution in [3.05, 3.63) is 59.2 Å². The van der Waals surface area contributed by atoms with E-state index < -0.39 is 0 Å². The van der Waals surface area contributed by atoms with Crippen LogP contribution in [0, 0.1) is 6.92 Å². The highest BCUT2D eigenvalue weighted by Gasteiger charge is 2.42. The zero-order chi connectivity index (χ0) is 19.6. The van der Waals surface area contributed by atoms with Crippen LogP contribution in [-0.2, 0) is 16.7 Å². The third-order valence-electron chi connectivity index (χ3n) is 6.15. The average molecular weight is 383 g/mol. The Labute approximate surface area is 168 Å². The molecule has 2 aromatic rings. The van der Waals surface area contributed by atoms with Gasteiger partial charge in [0, 0.05) is 24.0 Å². The molecule has 2 aliphatic heterocycles. The number of quaternary nitrogens is 1. The van der Waals surface area contributed by atoms with Crippen molar-refractivity contribution in [2.75, 3.05) is 19.9 Å². The van der Waals surface area contributed by atoms with Gasteiger partial charge in [-0.2, -0.15) is 0 Å². The Kier molecular flexibility index (Phi) is 5.35. The fraction of sp³-hybridized carbons (Fsp3) is 0.500. The molecule has 2 N–H and O–H groups in total. The summed E-state index contributed by atoms with van der Waals surface area (Å²) in [6.07, 6.45) is 3.33. The molecule has 4 nitrogen and oxygen atoms in total. The summed E-state index contributed by atoms with van der Waals surface area (Å²) in [5, 5.41) is 2.41. The Bertz CT molecular complexity index is 815. The van der Waals surface area contributed by atoms with Gasteiger partial charge >= 0.3 is 0 Å². The van der Waals surface area contributed by atoms with Gasteiger partial charge in [-0.05, 0) is 57.4 Å². The third-order valence-corrected chi connectivity index (χ3v) is 6.15. The Morgan fingerprint density at radius 3 is 2.57 bits per heavy atom. The van der Waals surface area contributed by atoms with E-state index in [0.717, 1.165) is 50.5 Å². The van der Waals surface area contributed by atoms with Crippen LogP contribution in [0.1, 0.15) is 49.8 Å². The van der Waals surface area contributed by atoms with E-state index in [1.807, 2.05) is 6.07 Å². The normalized spacial score (nSPS) is 23.0. The lowest BCUT2D eigenvalue weighted by molar-refractivity contribution is -0.672. The van der Waals surface area contributed by atoms with Crippen molar-refractivity contribution in [1.29, 1.82) is 0 Å². The second-order valence-corrected chi connectivity index (χ2v) is 8.90. The fourth-order valence-corrected chi connectivity index (χ4v) is 4.70. The molecule has 1 atom stereocenters. The number of rotatable bonds is 6. The Hall–Kier alpha value is -2.04. The highest BCUT2D eigenvalue weighted by molar-refractivity contribution is 5.44. The number of nitrogens with two attached hydrogens (primary N) is 1. The van der Waals surface area contributed by atoms with Gasteiger partial charge in [-0.1, -0.05) is 29.8 Å². The largest absolute Gasteiger partial charge is 0.454 e. The first-order valence-corrected chi connectivity index (χ1v) is 10.4. The van der Waals surface area contributed by atoms with Crippen molar-refractivity contribution in [3.63, 3.8) is 0 Å². The maximum atomic E-state index is 6.05. The molecule has 0 saturated carbocycles. The summed E-state index contributed by atoms with van der Waals surface area (Å²) in [6, 6.07) is 15.4. The van der Waals surface area contributed by atoms with E-state index in [-0.39, 0.29) is 11.0 Å². The minimum atomic E-state index is -0.0690. The Morgan fingerprint density at radius 2 is 1.79 bits per heavy atom. The number of aryl methyl sites for hydroxylation is 1. The summed E-state index contributed by atoms with van der Waals surface area (Å²) in [5.41, 5.74) is 4.19. The van der Waals surface area contributed by atoms with Gasteiger partial charge in [-0.3, -0.25) is 0 Å². The third kappa shape index (κ3) is 4.18. The number of hydrogen-bond donors (Lipinski definition) is 1. The van der Waals surface area contributed by atoms with Gasteiger partial charge in [0.2, 0.25) is 6.79 Å². The molecule has 0 radical (unpaired) electrons. The monoisotopic (exact) mass is 382 g/mol. The van der Waals surface area contributed by atoms with E-state index in [0.29, 0.717) is 6.79 Å². The molecule has 2 aliphatic rings. The van der Waals surface area contributed by atoms with Gasteiger partial charge < -0.3 is 19.5 Å². The van der Waals surface area contributed by atoms with Crippen LogP contribution in [0.4, 0.5) is 0 Å². The molecule has 2 heterocycles. The summed E-state index contributed by atoms with van der Waals surface area (Å²) in [4.78, 5) is 0. The number of ether oxygens (including phenoxy) is 3. The summed E-state index contributed by atoms with van der Waals surface area (Å²) in [6.45, 7) is 9.84. The van der Waals surface area contributed by atoms with Crippen LogP contribution in [-0.4, -0.2) is 25.5 Å². The van der Waals surface area contributed by atoms with Crippen LogP contribution in [0.5, 0.6) is 11.5 Å². The van der Waals surface area contributed by atoms with Crippen molar-refractivity contribution in [2.45, 2.75) is 57.6 Å². The molecule has 28 heavy (non-hydrogen) atoms. The standard InChI is InChI=1S/C24H31NO3/c1-18-4-7-20(8-5-18)24(11-13-28-23(2,3)16-24)10-12-25-15-19-6-9-21-22(14-19)27-17-26-21/h4-9,14,25H,10-13,15-17H2,1-3H3/p+1. The highest BCUT2D eigenvalue weighted by atomic mass is 16.7. The molecule has 0 bridgehead atoms. The Balaban J connectivity index is 1.42. The van der Waals surface area contributed by atoms with Gasteiger partial charge in [0.1, 0.15) is 6.54 Å². The lowest BCUT2D eigenvalue weighted by Gasteiger charge is -2.45. The minimum Gasteiger partial charge on any atom is -0.454 e. The van der Waals surface area contributed by atoms with Crippen LogP contribution in [0.25, 0.3) is 0 Å². The lowest BCUT2D eigenvalue weighted by Crippen LogP contribution is -2.83. The number of hydrogen-bond acceptors (Lipinski definition) is 3. The van der Waals surface area contributed by atoms with Crippen molar-refractivity contribution in [1.82, 2.24) is 0 Å². The SMILES string of the molecule is Cc1ccc(C2(CC[NH2+]Cc3ccc4c(c3)OCO4)CCOC(C)(C)C2)cc1. The summed E-state index contributed by atoms with van der Waals surface area (Å²) >= 11 is 0. The van der Waals surface area contributed by atoms with Crippen LogP contribution < -0.4 is 14.8 Å². The quantitative estimate of drug-likeness (QED) is 0.775. The van der Waals surface area contributed by atoms with Crippen molar-refractivity contribution < 1.29 is 19.5 Å². The molecule has 4 rings (SSSR count). The number of fused-ring (bicyclic) bond motifs is 1. The van der Waals surface area contributed by atoms with Crippen LogP contribution in [0.3, 0.4) is 0 Å². The predicted molar refractivity (Wildman–Crippen MR) is 110 cm³/mol.